The molecule has 0 atom stereocenters. The third kappa shape index (κ3) is 5.88. The normalized spacial score (nSPS) is 10.6. The monoisotopic (exact) mass is 304 g/mol. The van der Waals surface area contributed by atoms with Crippen LogP contribution in [0, 0.1) is 0 Å². The number of carbonyl (C=O) groups is 2. The van der Waals surface area contributed by atoms with Crippen LogP contribution in [0.5, 0.6) is 0 Å². The molecule has 4 heteroatoms. The molecular weight excluding hydrogens is 276 g/mol. The van der Waals surface area contributed by atoms with Crippen molar-refractivity contribution in [1.29, 1.82) is 0 Å². The van der Waals surface area contributed by atoms with Crippen molar-refractivity contribution in [1.82, 2.24) is 9.80 Å². The van der Waals surface area contributed by atoms with E-state index in [1.807, 2.05) is 56.0 Å². The zero-order chi connectivity index (χ0) is 16.5. The van der Waals surface area contributed by atoms with Gasteiger partial charge in [-0.1, -0.05) is 37.3 Å². The molecule has 1 aromatic carbocycles. The Morgan fingerprint density at radius 2 is 1.73 bits per heavy atom. The van der Waals surface area contributed by atoms with Gasteiger partial charge in [-0.2, -0.15) is 0 Å². The number of carbonyl (C=O) groups excluding carboxylic acids is 2. The summed E-state index contributed by atoms with van der Waals surface area (Å²) in [6.45, 7) is 9.47. The maximum atomic E-state index is 12.5. The molecule has 0 spiro atoms. The summed E-state index contributed by atoms with van der Waals surface area (Å²) in [7, 11) is 0. The Morgan fingerprint density at radius 1 is 1.09 bits per heavy atom. The molecule has 0 unspecified atom stereocenters. The van der Waals surface area contributed by atoms with E-state index in [1.165, 1.54) is 0 Å². The fraction of sp³-hybridized carbons (Fsp3) is 0.556. The van der Waals surface area contributed by atoms with Crippen LogP contribution in [0.15, 0.2) is 30.3 Å². The lowest BCUT2D eigenvalue weighted by atomic mass is 10.1. The fourth-order valence-corrected chi connectivity index (χ4v) is 2.41. The predicted octanol–water partition coefficient (Wildman–Crippen LogP) is 3.07. The lowest BCUT2D eigenvalue weighted by molar-refractivity contribution is -0.135. The first-order valence-electron chi connectivity index (χ1n) is 8.04. The standard InChI is InChI=1S/C18H28N2O2/c1-5-12-19(16(4)21)13-11-18(22)20(15(2)3)14-17-9-7-6-8-10-17/h6-10,15H,5,11-14H2,1-4H3. The molecule has 0 saturated heterocycles. The maximum absolute atomic E-state index is 12.5. The molecule has 4 nitrogen and oxygen atoms in total. The second kappa shape index (κ2) is 9.23. The Bertz CT molecular complexity index is 471. The smallest absolute Gasteiger partial charge is 0.224 e. The lowest BCUT2D eigenvalue weighted by Crippen LogP contribution is -2.39. The molecule has 0 N–H and O–H groups in total. The first-order chi connectivity index (χ1) is 10.5. The van der Waals surface area contributed by atoms with E-state index < -0.39 is 0 Å². The van der Waals surface area contributed by atoms with E-state index in [2.05, 4.69) is 0 Å². The first kappa shape index (κ1) is 18.2. The van der Waals surface area contributed by atoms with E-state index in [0.29, 0.717) is 26.1 Å². The van der Waals surface area contributed by atoms with Crippen molar-refractivity contribution in [3.8, 4) is 0 Å². The van der Waals surface area contributed by atoms with E-state index in [0.717, 1.165) is 12.0 Å². The van der Waals surface area contributed by atoms with Crippen molar-refractivity contribution in [3.63, 3.8) is 0 Å². The molecular formula is C18H28N2O2. The zero-order valence-electron chi connectivity index (χ0n) is 14.2. The molecule has 0 heterocycles. The molecule has 0 saturated carbocycles. The van der Waals surface area contributed by atoms with Crippen LogP contribution in [0.2, 0.25) is 0 Å². The topological polar surface area (TPSA) is 40.6 Å². The third-order valence-electron chi connectivity index (χ3n) is 3.67. The second-order valence-electron chi connectivity index (χ2n) is 5.86. The Kier molecular flexibility index (Phi) is 7.64. The van der Waals surface area contributed by atoms with Gasteiger partial charge in [-0.05, 0) is 25.8 Å². The molecule has 1 rings (SSSR count). The minimum Gasteiger partial charge on any atom is -0.342 e. The van der Waals surface area contributed by atoms with Crippen LogP contribution in [-0.4, -0.2) is 40.7 Å². The molecule has 0 aromatic heterocycles. The summed E-state index contributed by atoms with van der Waals surface area (Å²) < 4.78 is 0. The third-order valence-corrected chi connectivity index (χ3v) is 3.67. The Morgan fingerprint density at radius 3 is 2.23 bits per heavy atom. The maximum Gasteiger partial charge on any atom is 0.224 e. The van der Waals surface area contributed by atoms with Gasteiger partial charge in [0.25, 0.3) is 0 Å². The Labute approximate surface area is 134 Å². The van der Waals surface area contributed by atoms with E-state index in [-0.39, 0.29) is 17.9 Å². The van der Waals surface area contributed by atoms with Gasteiger partial charge >= 0.3 is 0 Å². The zero-order valence-corrected chi connectivity index (χ0v) is 14.2. The minimum absolute atomic E-state index is 0.0359. The summed E-state index contributed by atoms with van der Waals surface area (Å²) >= 11 is 0. The van der Waals surface area contributed by atoms with Crippen molar-refractivity contribution in [2.75, 3.05) is 13.1 Å². The van der Waals surface area contributed by atoms with Crippen LogP contribution in [-0.2, 0) is 16.1 Å². The highest BCUT2D eigenvalue weighted by Gasteiger charge is 2.18. The van der Waals surface area contributed by atoms with Crippen molar-refractivity contribution in [3.05, 3.63) is 35.9 Å². The number of hydrogen-bond acceptors (Lipinski definition) is 2. The van der Waals surface area contributed by atoms with Gasteiger partial charge in [0.2, 0.25) is 11.8 Å². The summed E-state index contributed by atoms with van der Waals surface area (Å²) in [5.74, 6) is 0.134. The fourth-order valence-electron chi connectivity index (χ4n) is 2.41. The lowest BCUT2D eigenvalue weighted by Gasteiger charge is -2.28. The number of amides is 2. The van der Waals surface area contributed by atoms with Crippen molar-refractivity contribution >= 4 is 11.8 Å². The van der Waals surface area contributed by atoms with Gasteiger partial charge in [0, 0.05) is 39.0 Å². The number of nitrogens with zero attached hydrogens (tertiary/aromatic N) is 2. The number of benzene rings is 1. The van der Waals surface area contributed by atoms with E-state index in [9.17, 15) is 9.59 Å². The average molecular weight is 304 g/mol. The highest BCUT2D eigenvalue weighted by molar-refractivity contribution is 5.78. The van der Waals surface area contributed by atoms with Crippen LogP contribution >= 0.6 is 0 Å². The molecule has 2 amide bonds. The number of hydrogen-bond donors (Lipinski definition) is 0. The highest BCUT2D eigenvalue weighted by Crippen LogP contribution is 2.10. The van der Waals surface area contributed by atoms with E-state index >= 15 is 0 Å². The molecule has 0 bridgehead atoms. The molecule has 122 valence electrons. The summed E-state index contributed by atoms with van der Waals surface area (Å²) in [4.78, 5) is 27.7. The average Bonchev–Trinajstić information content (AvgIpc) is 2.49. The SMILES string of the molecule is CCCN(CCC(=O)N(Cc1ccccc1)C(C)C)C(C)=O. The predicted molar refractivity (Wildman–Crippen MR) is 89.3 cm³/mol. The van der Waals surface area contributed by atoms with Crippen LogP contribution in [0.1, 0.15) is 46.1 Å². The van der Waals surface area contributed by atoms with Crippen LogP contribution in [0.4, 0.5) is 0 Å². The molecule has 0 radical (unpaired) electrons. The summed E-state index contributed by atoms with van der Waals surface area (Å²) in [5, 5.41) is 0. The van der Waals surface area contributed by atoms with Gasteiger partial charge in [0.1, 0.15) is 0 Å². The van der Waals surface area contributed by atoms with E-state index in [1.54, 1.807) is 11.8 Å². The number of rotatable bonds is 8. The molecule has 1 aromatic rings. The van der Waals surface area contributed by atoms with Gasteiger partial charge in [-0.25, -0.2) is 0 Å². The van der Waals surface area contributed by atoms with Crippen LogP contribution < -0.4 is 0 Å². The van der Waals surface area contributed by atoms with Gasteiger partial charge in [0.05, 0.1) is 0 Å². The highest BCUT2D eigenvalue weighted by atomic mass is 16.2. The largest absolute Gasteiger partial charge is 0.342 e. The Hall–Kier alpha value is -1.84. The van der Waals surface area contributed by atoms with Gasteiger partial charge in [-0.3, -0.25) is 9.59 Å². The minimum atomic E-state index is 0.0359. The van der Waals surface area contributed by atoms with Crippen molar-refractivity contribution in [2.24, 2.45) is 0 Å². The van der Waals surface area contributed by atoms with Crippen molar-refractivity contribution in [2.45, 2.75) is 53.1 Å². The molecule has 22 heavy (non-hydrogen) atoms. The quantitative estimate of drug-likeness (QED) is 0.740. The molecule has 0 aliphatic heterocycles. The summed E-state index contributed by atoms with van der Waals surface area (Å²) in [5.41, 5.74) is 1.13. The summed E-state index contributed by atoms with van der Waals surface area (Å²) in [6, 6.07) is 10.1. The van der Waals surface area contributed by atoms with Gasteiger partial charge in [0.15, 0.2) is 0 Å². The molecule has 0 aliphatic rings. The van der Waals surface area contributed by atoms with E-state index in [4.69, 9.17) is 0 Å². The van der Waals surface area contributed by atoms with Gasteiger partial charge in [-0.15, -0.1) is 0 Å². The van der Waals surface area contributed by atoms with Crippen LogP contribution in [0.3, 0.4) is 0 Å². The second-order valence-corrected chi connectivity index (χ2v) is 5.86. The molecule has 0 aliphatic carbocycles. The first-order valence-corrected chi connectivity index (χ1v) is 8.04. The van der Waals surface area contributed by atoms with Crippen molar-refractivity contribution < 1.29 is 9.59 Å². The summed E-state index contributed by atoms with van der Waals surface area (Å²) in [6.07, 6.45) is 1.29. The molecule has 0 fully saturated rings. The van der Waals surface area contributed by atoms with Crippen LogP contribution in [0.25, 0.3) is 0 Å². The van der Waals surface area contributed by atoms with Gasteiger partial charge < -0.3 is 9.80 Å². The Balaban J connectivity index is 2.63.